The van der Waals surface area contributed by atoms with E-state index in [-0.39, 0.29) is 11.3 Å². The SMILES string of the molecule is N#CC(C#N)=CNc1ccc([N+](=O)[O-])cc1[N+](=O)[O-]. The Hall–Kier alpha value is -3.46. The second-order valence-corrected chi connectivity index (χ2v) is 3.14. The highest BCUT2D eigenvalue weighted by molar-refractivity contribution is 5.67. The van der Waals surface area contributed by atoms with E-state index in [1.54, 1.807) is 12.1 Å². The average molecular weight is 259 g/mol. The van der Waals surface area contributed by atoms with E-state index in [1.165, 1.54) is 0 Å². The molecule has 94 valence electrons. The molecule has 1 rings (SSSR count). The molecule has 0 radical (unpaired) electrons. The van der Waals surface area contributed by atoms with Crippen molar-refractivity contribution in [2.24, 2.45) is 0 Å². The Kier molecular flexibility index (Phi) is 4.11. The maximum atomic E-state index is 10.8. The lowest BCUT2D eigenvalue weighted by Gasteiger charge is -2.02. The zero-order chi connectivity index (χ0) is 14.4. The van der Waals surface area contributed by atoms with Crippen molar-refractivity contribution in [1.29, 1.82) is 10.5 Å². The van der Waals surface area contributed by atoms with E-state index in [9.17, 15) is 20.2 Å². The summed E-state index contributed by atoms with van der Waals surface area (Å²) in [4.78, 5) is 19.7. The Morgan fingerprint density at radius 1 is 1.21 bits per heavy atom. The van der Waals surface area contributed by atoms with Crippen LogP contribution in [-0.4, -0.2) is 9.85 Å². The molecule has 0 spiro atoms. The van der Waals surface area contributed by atoms with Gasteiger partial charge in [-0.15, -0.1) is 0 Å². The molecule has 9 heteroatoms. The maximum Gasteiger partial charge on any atom is 0.299 e. The van der Waals surface area contributed by atoms with Gasteiger partial charge in [-0.25, -0.2) is 0 Å². The van der Waals surface area contributed by atoms with Gasteiger partial charge in [0.1, 0.15) is 23.4 Å². The molecule has 0 saturated heterocycles. The van der Waals surface area contributed by atoms with Gasteiger partial charge in [-0.2, -0.15) is 10.5 Å². The molecule has 9 nitrogen and oxygen atoms in total. The Morgan fingerprint density at radius 2 is 1.84 bits per heavy atom. The summed E-state index contributed by atoms with van der Waals surface area (Å²) in [6, 6.07) is 6.10. The molecule has 0 saturated carbocycles. The molecular weight excluding hydrogens is 254 g/mol. The topological polar surface area (TPSA) is 146 Å². The quantitative estimate of drug-likeness (QED) is 0.492. The largest absolute Gasteiger partial charge is 0.354 e. The van der Waals surface area contributed by atoms with Crippen molar-refractivity contribution in [3.05, 3.63) is 50.2 Å². The number of benzene rings is 1. The van der Waals surface area contributed by atoms with Gasteiger partial charge in [0, 0.05) is 12.3 Å². The van der Waals surface area contributed by atoms with Crippen LogP contribution in [0.3, 0.4) is 0 Å². The second-order valence-electron chi connectivity index (χ2n) is 3.14. The first kappa shape index (κ1) is 13.6. The summed E-state index contributed by atoms with van der Waals surface area (Å²) in [6.07, 6.45) is 0.980. The number of nitro groups is 2. The molecule has 0 heterocycles. The van der Waals surface area contributed by atoms with Crippen LogP contribution < -0.4 is 5.32 Å². The van der Waals surface area contributed by atoms with E-state index in [1.807, 2.05) is 0 Å². The predicted molar refractivity (Wildman–Crippen MR) is 62.7 cm³/mol. The molecule has 0 unspecified atom stereocenters. The number of nitrogens with one attached hydrogen (secondary N) is 1. The molecule has 0 atom stereocenters. The van der Waals surface area contributed by atoms with Gasteiger partial charge < -0.3 is 5.32 Å². The van der Waals surface area contributed by atoms with Gasteiger partial charge in [-0.1, -0.05) is 0 Å². The van der Waals surface area contributed by atoms with Crippen LogP contribution in [0.2, 0.25) is 0 Å². The third kappa shape index (κ3) is 3.25. The molecule has 0 aromatic heterocycles. The number of non-ortho nitro benzene ring substituents is 1. The first-order valence-electron chi connectivity index (χ1n) is 4.69. The van der Waals surface area contributed by atoms with Crippen LogP contribution in [0.25, 0.3) is 0 Å². The number of hydrogen-bond donors (Lipinski definition) is 1. The van der Waals surface area contributed by atoms with Crippen molar-refractivity contribution in [3.8, 4) is 12.1 Å². The van der Waals surface area contributed by atoms with E-state index in [4.69, 9.17) is 10.5 Å². The van der Waals surface area contributed by atoms with Crippen LogP contribution >= 0.6 is 0 Å². The summed E-state index contributed by atoms with van der Waals surface area (Å²) < 4.78 is 0. The van der Waals surface area contributed by atoms with Crippen molar-refractivity contribution < 1.29 is 9.85 Å². The highest BCUT2D eigenvalue weighted by Crippen LogP contribution is 2.28. The summed E-state index contributed by atoms with van der Waals surface area (Å²) in [6.45, 7) is 0. The van der Waals surface area contributed by atoms with E-state index >= 15 is 0 Å². The lowest BCUT2D eigenvalue weighted by atomic mass is 10.2. The molecule has 19 heavy (non-hydrogen) atoms. The molecule has 0 aliphatic rings. The normalized spacial score (nSPS) is 8.74. The van der Waals surface area contributed by atoms with E-state index in [0.717, 1.165) is 24.4 Å². The monoisotopic (exact) mass is 259 g/mol. The summed E-state index contributed by atoms with van der Waals surface area (Å²) in [7, 11) is 0. The average Bonchev–Trinajstić information content (AvgIpc) is 2.39. The van der Waals surface area contributed by atoms with Gasteiger partial charge in [-0.05, 0) is 6.07 Å². The zero-order valence-corrected chi connectivity index (χ0v) is 9.23. The van der Waals surface area contributed by atoms with Gasteiger partial charge in [0.15, 0.2) is 0 Å². The number of hydrogen-bond acceptors (Lipinski definition) is 7. The summed E-state index contributed by atoms with van der Waals surface area (Å²) in [5, 5.41) is 40.7. The lowest BCUT2D eigenvalue weighted by Crippen LogP contribution is -1.98. The molecule has 0 fully saturated rings. The van der Waals surface area contributed by atoms with E-state index < -0.39 is 21.2 Å². The van der Waals surface area contributed by atoms with Crippen molar-refractivity contribution in [2.75, 3.05) is 5.32 Å². The minimum absolute atomic E-state index is 0.0569. The number of anilines is 1. The molecule has 1 N–H and O–H groups in total. The van der Waals surface area contributed by atoms with Crippen molar-refractivity contribution in [1.82, 2.24) is 0 Å². The first-order valence-corrected chi connectivity index (χ1v) is 4.69. The molecule has 1 aromatic rings. The van der Waals surface area contributed by atoms with Crippen LogP contribution in [0.1, 0.15) is 0 Å². The lowest BCUT2D eigenvalue weighted by molar-refractivity contribution is -0.393. The van der Waals surface area contributed by atoms with Crippen LogP contribution in [-0.2, 0) is 0 Å². The predicted octanol–water partition coefficient (Wildman–Crippen LogP) is 1.85. The Morgan fingerprint density at radius 3 is 2.32 bits per heavy atom. The van der Waals surface area contributed by atoms with Crippen molar-refractivity contribution >= 4 is 17.1 Å². The van der Waals surface area contributed by atoms with E-state index in [0.29, 0.717) is 0 Å². The highest BCUT2D eigenvalue weighted by Gasteiger charge is 2.18. The van der Waals surface area contributed by atoms with Gasteiger partial charge in [-0.3, -0.25) is 20.2 Å². The minimum atomic E-state index is -0.804. The van der Waals surface area contributed by atoms with Gasteiger partial charge >= 0.3 is 0 Å². The molecular formula is C10H5N5O4. The number of nitro benzene ring substituents is 2. The minimum Gasteiger partial charge on any atom is -0.354 e. The number of nitrogens with zero attached hydrogens (tertiary/aromatic N) is 4. The van der Waals surface area contributed by atoms with Crippen LogP contribution in [0, 0.1) is 42.9 Å². The van der Waals surface area contributed by atoms with Gasteiger partial charge in [0.25, 0.3) is 11.4 Å². The molecule has 0 bridgehead atoms. The van der Waals surface area contributed by atoms with Crippen LogP contribution in [0.4, 0.5) is 17.1 Å². The third-order valence-corrected chi connectivity index (χ3v) is 2.00. The van der Waals surface area contributed by atoms with Crippen LogP contribution in [0.5, 0.6) is 0 Å². The number of allylic oxidation sites excluding steroid dienone is 1. The summed E-state index contributed by atoms with van der Waals surface area (Å²) in [5.41, 5.74) is -1.30. The van der Waals surface area contributed by atoms with E-state index in [2.05, 4.69) is 5.32 Å². The van der Waals surface area contributed by atoms with Crippen molar-refractivity contribution in [3.63, 3.8) is 0 Å². The second kappa shape index (κ2) is 5.75. The van der Waals surface area contributed by atoms with Crippen LogP contribution in [0.15, 0.2) is 30.0 Å². The summed E-state index contributed by atoms with van der Waals surface area (Å²) >= 11 is 0. The van der Waals surface area contributed by atoms with Gasteiger partial charge in [0.05, 0.1) is 15.9 Å². The Labute approximate surface area is 106 Å². The fraction of sp³-hybridized carbons (Fsp3) is 0. The van der Waals surface area contributed by atoms with Gasteiger partial charge in [0.2, 0.25) is 0 Å². The fourth-order valence-electron chi connectivity index (χ4n) is 1.15. The maximum absolute atomic E-state index is 10.8. The first-order chi connectivity index (χ1) is 8.99. The molecule has 0 amide bonds. The summed E-state index contributed by atoms with van der Waals surface area (Å²) in [5.74, 6) is 0. The number of rotatable bonds is 4. The fourth-order valence-corrected chi connectivity index (χ4v) is 1.15. The third-order valence-electron chi connectivity index (χ3n) is 2.00. The standard InChI is InChI=1S/C10H5N5O4/c11-4-7(5-12)6-13-9-2-1-8(14(16)17)3-10(9)15(18)19/h1-3,6,13H. The zero-order valence-electron chi connectivity index (χ0n) is 9.23. The Bertz CT molecular complexity index is 637. The molecule has 0 aliphatic heterocycles. The molecule has 0 aliphatic carbocycles. The smallest absolute Gasteiger partial charge is 0.299 e. The molecule has 1 aromatic carbocycles. The van der Waals surface area contributed by atoms with Crippen molar-refractivity contribution in [2.45, 2.75) is 0 Å². The highest BCUT2D eigenvalue weighted by atomic mass is 16.6. The number of nitriles is 2. The Balaban J connectivity index is 3.19.